The summed E-state index contributed by atoms with van der Waals surface area (Å²) in [6, 6.07) is 25.1. The third kappa shape index (κ3) is 3.69. The van der Waals surface area contributed by atoms with E-state index in [9.17, 15) is 9.18 Å². The van der Waals surface area contributed by atoms with Gasteiger partial charge in [0.05, 0.1) is 5.56 Å². The van der Waals surface area contributed by atoms with Crippen molar-refractivity contribution in [2.45, 2.75) is 0 Å². The molecule has 0 radical (unpaired) electrons. The lowest BCUT2D eigenvalue weighted by Gasteiger charge is -2.11. The van der Waals surface area contributed by atoms with Gasteiger partial charge in [-0.05, 0) is 75.8 Å². The first kappa shape index (κ1) is 18.4. The summed E-state index contributed by atoms with van der Waals surface area (Å²) in [5, 5.41) is 1.82. The molecule has 0 aromatic heterocycles. The van der Waals surface area contributed by atoms with Gasteiger partial charge in [-0.25, -0.2) is 4.39 Å². The van der Waals surface area contributed by atoms with Crippen LogP contribution in [0.25, 0.3) is 10.8 Å². The van der Waals surface area contributed by atoms with Crippen molar-refractivity contribution in [3.63, 3.8) is 0 Å². The maximum absolute atomic E-state index is 13.4. The van der Waals surface area contributed by atoms with E-state index in [4.69, 9.17) is 0 Å². The molecule has 4 aromatic rings. The van der Waals surface area contributed by atoms with Crippen molar-refractivity contribution in [3.05, 3.63) is 117 Å². The van der Waals surface area contributed by atoms with Crippen LogP contribution in [0.5, 0.6) is 0 Å². The van der Waals surface area contributed by atoms with Crippen LogP contribution in [0.15, 0.2) is 84.9 Å². The Morgan fingerprint density at radius 1 is 0.821 bits per heavy atom. The molecule has 4 aromatic carbocycles. The molecular formula is C25H14FIO. The predicted octanol–water partition coefficient (Wildman–Crippen LogP) is 6.21. The first-order valence-electron chi connectivity index (χ1n) is 8.72. The standard InChI is InChI=1S/C25H14FIO/c26-20-13-11-18(12-14-20)25(28)24-21-9-5-4-8-19(21)16-23(27)22(24)15-10-17-6-2-1-3-7-17/h1-9,11-14,16H. The Kier molecular flexibility index (Phi) is 5.23. The van der Waals surface area contributed by atoms with E-state index >= 15 is 0 Å². The second kappa shape index (κ2) is 7.95. The highest BCUT2D eigenvalue weighted by Gasteiger charge is 2.19. The molecule has 0 spiro atoms. The summed E-state index contributed by atoms with van der Waals surface area (Å²) in [4.78, 5) is 13.4. The van der Waals surface area contributed by atoms with Crippen LogP contribution >= 0.6 is 22.6 Å². The van der Waals surface area contributed by atoms with Crippen LogP contribution in [0.2, 0.25) is 0 Å². The molecule has 134 valence electrons. The molecule has 0 amide bonds. The van der Waals surface area contributed by atoms with Crippen LogP contribution in [0.1, 0.15) is 27.0 Å². The molecule has 3 heteroatoms. The van der Waals surface area contributed by atoms with Crippen molar-refractivity contribution < 1.29 is 9.18 Å². The van der Waals surface area contributed by atoms with E-state index in [0.717, 1.165) is 19.9 Å². The van der Waals surface area contributed by atoms with Crippen molar-refractivity contribution in [3.8, 4) is 11.8 Å². The lowest BCUT2D eigenvalue weighted by Crippen LogP contribution is -2.07. The number of hydrogen-bond acceptors (Lipinski definition) is 1. The summed E-state index contributed by atoms with van der Waals surface area (Å²) in [5.74, 6) is 5.83. The first-order chi connectivity index (χ1) is 13.6. The number of carbonyl (C=O) groups is 1. The summed E-state index contributed by atoms with van der Waals surface area (Å²) in [6.07, 6.45) is 0. The zero-order chi connectivity index (χ0) is 19.5. The van der Waals surface area contributed by atoms with Crippen molar-refractivity contribution in [1.82, 2.24) is 0 Å². The van der Waals surface area contributed by atoms with Gasteiger partial charge < -0.3 is 0 Å². The zero-order valence-electron chi connectivity index (χ0n) is 14.7. The molecule has 0 aliphatic heterocycles. The topological polar surface area (TPSA) is 17.1 Å². The Bertz CT molecular complexity index is 1230. The first-order valence-corrected chi connectivity index (χ1v) is 9.80. The Morgan fingerprint density at radius 3 is 2.25 bits per heavy atom. The van der Waals surface area contributed by atoms with Gasteiger partial charge in [-0.2, -0.15) is 0 Å². The summed E-state index contributed by atoms with van der Waals surface area (Å²) in [5.41, 5.74) is 2.57. The fourth-order valence-electron chi connectivity index (χ4n) is 3.07. The molecule has 0 saturated carbocycles. The number of benzene rings is 4. The normalized spacial score (nSPS) is 10.4. The Labute approximate surface area is 176 Å². The number of fused-ring (bicyclic) bond motifs is 1. The predicted molar refractivity (Wildman–Crippen MR) is 119 cm³/mol. The highest BCUT2D eigenvalue weighted by atomic mass is 127. The molecular weight excluding hydrogens is 462 g/mol. The maximum atomic E-state index is 13.4. The minimum Gasteiger partial charge on any atom is -0.289 e. The van der Waals surface area contributed by atoms with Crippen LogP contribution in [0, 0.1) is 21.2 Å². The van der Waals surface area contributed by atoms with Crippen LogP contribution in [-0.2, 0) is 0 Å². The van der Waals surface area contributed by atoms with Crippen molar-refractivity contribution in [2.24, 2.45) is 0 Å². The van der Waals surface area contributed by atoms with E-state index in [1.807, 2.05) is 60.7 Å². The van der Waals surface area contributed by atoms with E-state index in [1.54, 1.807) is 0 Å². The molecule has 0 atom stereocenters. The van der Waals surface area contributed by atoms with E-state index in [2.05, 4.69) is 34.4 Å². The average Bonchev–Trinajstić information content (AvgIpc) is 2.72. The van der Waals surface area contributed by atoms with Crippen molar-refractivity contribution >= 4 is 39.1 Å². The second-order valence-corrected chi connectivity index (χ2v) is 7.44. The molecule has 0 saturated heterocycles. The number of carbonyl (C=O) groups excluding carboxylic acids is 1. The van der Waals surface area contributed by atoms with Crippen LogP contribution in [0.4, 0.5) is 4.39 Å². The molecule has 4 rings (SSSR count). The van der Waals surface area contributed by atoms with Gasteiger partial charge in [-0.15, -0.1) is 0 Å². The van der Waals surface area contributed by atoms with Gasteiger partial charge >= 0.3 is 0 Å². The van der Waals surface area contributed by atoms with E-state index < -0.39 is 0 Å². The summed E-state index contributed by atoms with van der Waals surface area (Å²) < 4.78 is 14.2. The highest BCUT2D eigenvalue weighted by molar-refractivity contribution is 14.1. The van der Waals surface area contributed by atoms with E-state index in [1.165, 1.54) is 24.3 Å². The van der Waals surface area contributed by atoms with Crippen LogP contribution in [-0.4, -0.2) is 5.78 Å². The van der Waals surface area contributed by atoms with Crippen molar-refractivity contribution in [2.75, 3.05) is 0 Å². The average molecular weight is 476 g/mol. The lowest BCUT2D eigenvalue weighted by atomic mass is 9.92. The lowest BCUT2D eigenvalue weighted by molar-refractivity contribution is 0.104. The summed E-state index contributed by atoms with van der Waals surface area (Å²) >= 11 is 2.22. The SMILES string of the molecule is O=C(c1ccc(F)cc1)c1c(C#Cc2ccccc2)c(I)cc2ccccc12. The number of ketones is 1. The third-order valence-corrected chi connectivity index (χ3v) is 5.29. The number of rotatable bonds is 2. The molecule has 28 heavy (non-hydrogen) atoms. The molecule has 0 heterocycles. The van der Waals surface area contributed by atoms with Gasteiger partial charge in [-0.1, -0.05) is 54.3 Å². The Balaban J connectivity index is 1.95. The Hall–Kier alpha value is -2.97. The minimum atomic E-state index is -0.367. The smallest absolute Gasteiger partial charge is 0.194 e. The van der Waals surface area contributed by atoms with Crippen molar-refractivity contribution in [1.29, 1.82) is 0 Å². The number of hydrogen-bond donors (Lipinski definition) is 0. The fraction of sp³-hybridized carbons (Fsp3) is 0. The minimum absolute atomic E-state index is 0.160. The quantitative estimate of drug-likeness (QED) is 0.191. The maximum Gasteiger partial charge on any atom is 0.194 e. The van der Waals surface area contributed by atoms with Crippen LogP contribution < -0.4 is 0 Å². The van der Waals surface area contributed by atoms with E-state index in [0.29, 0.717) is 16.7 Å². The van der Waals surface area contributed by atoms with Crippen LogP contribution in [0.3, 0.4) is 0 Å². The fourth-order valence-corrected chi connectivity index (χ4v) is 3.81. The third-order valence-electron chi connectivity index (χ3n) is 4.44. The van der Waals surface area contributed by atoms with Gasteiger partial charge in [0.25, 0.3) is 0 Å². The molecule has 1 nitrogen and oxygen atoms in total. The zero-order valence-corrected chi connectivity index (χ0v) is 16.9. The van der Waals surface area contributed by atoms with E-state index in [-0.39, 0.29) is 11.6 Å². The monoisotopic (exact) mass is 476 g/mol. The summed E-state index contributed by atoms with van der Waals surface area (Å²) in [7, 11) is 0. The van der Waals surface area contributed by atoms with Gasteiger partial charge in [0.1, 0.15) is 5.82 Å². The molecule has 0 fully saturated rings. The van der Waals surface area contributed by atoms with Gasteiger partial charge in [0, 0.05) is 20.3 Å². The molecule has 0 unspecified atom stereocenters. The van der Waals surface area contributed by atoms with Gasteiger partial charge in [0.2, 0.25) is 0 Å². The molecule has 0 aliphatic carbocycles. The van der Waals surface area contributed by atoms with Gasteiger partial charge in [0.15, 0.2) is 5.78 Å². The second-order valence-electron chi connectivity index (χ2n) is 6.28. The summed E-state index contributed by atoms with van der Waals surface area (Å²) in [6.45, 7) is 0. The molecule has 0 bridgehead atoms. The highest BCUT2D eigenvalue weighted by Crippen LogP contribution is 2.29. The Morgan fingerprint density at radius 2 is 1.50 bits per heavy atom. The van der Waals surface area contributed by atoms with Gasteiger partial charge in [-0.3, -0.25) is 4.79 Å². The molecule has 0 N–H and O–H groups in total. The molecule has 0 aliphatic rings. The largest absolute Gasteiger partial charge is 0.289 e. The number of halogens is 2.